The average Bonchev–Trinajstić information content (AvgIpc) is 3.22. The summed E-state index contributed by atoms with van der Waals surface area (Å²) in [6.45, 7) is 0.407. The number of phenolic OH excluding ortho intramolecular Hbond substituents is 1. The second kappa shape index (κ2) is 8.26. The van der Waals surface area contributed by atoms with Crippen molar-refractivity contribution >= 4 is 23.2 Å². The molecular weight excluding hydrogens is 368 g/mol. The van der Waals surface area contributed by atoms with Gasteiger partial charge in [-0.1, -0.05) is 30.3 Å². The number of hydrazone groups is 1. The van der Waals surface area contributed by atoms with Crippen molar-refractivity contribution in [1.82, 2.24) is 15.4 Å². The molecule has 0 spiro atoms. The Morgan fingerprint density at radius 2 is 2.00 bits per heavy atom. The van der Waals surface area contributed by atoms with Crippen LogP contribution in [0.1, 0.15) is 21.5 Å². The molecule has 3 aromatic carbocycles. The summed E-state index contributed by atoms with van der Waals surface area (Å²) in [6, 6.07) is 19.8. The number of amides is 1. The number of nitrogens with one attached hydrogen (secondary N) is 2. The number of imidazole rings is 1. The molecule has 4 aromatic rings. The third-order valence-electron chi connectivity index (χ3n) is 4.30. The van der Waals surface area contributed by atoms with Crippen LogP contribution in [-0.4, -0.2) is 27.2 Å². The largest absolute Gasteiger partial charge is 0.507 e. The van der Waals surface area contributed by atoms with Crippen LogP contribution in [0.4, 0.5) is 0 Å². The molecule has 0 bridgehead atoms. The minimum Gasteiger partial charge on any atom is -0.507 e. The van der Waals surface area contributed by atoms with Gasteiger partial charge in [0.15, 0.2) is 0 Å². The lowest BCUT2D eigenvalue weighted by atomic mass is 10.2. The lowest BCUT2D eigenvalue weighted by molar-refractivity contribution is 0.0955. The van der Waals surface area contributed by atoms with Gasteiger partial charge in [-0.2, -0.15) is 5.10 Å². The van der Waals surface area contributed by atoms with Gasteiger partial charge in [0.25, 0.3) is 5.91 Å². The highest BCUT2D eigenvalue weighted by atomic mass is 16.5. The minimum atomic E-state index is -0.361. The van der Waals surface area contributed by atoms with Crippen LogP contribution in [0.3, 0.4) is 0 Å². The number of ether oxygens (including phenoxy) is 1. The van der Waals surface area contributed by atoms with Crippen molar-refractivity contribution in [2.45, 2.75) is 6.61 Å². The van der Waals surface area contributed by atoms with Gasteiger partial charge in [0, 0.05) is 17.2 Å². The highest BCUT2D eigenvalue weighted by Gasteiger charge is 2.07. The predicted octanol–water partition coefficient (Wildman–Crippen LogP) is 3.61. The first-order valence-corrected chi connectivity index (χ1v) is 8.95. The van der Waals surface area contributed by atoms with Crippen LogP contribution in [0, 0.1) is 0 Å². The Bertz CT molecular complexity index is 1170. The number of carbonyl (C=O) groups is 1. The summed E-state index contributed by atoms with van der Waals surface area (Å²) < 4.78 is 5.67. The summed E-state index contributed by atoms with van der Waals surface area (Å²) in [4.78, 5) is 19.3. The molecule has 1 amide bonds. The summed E-state index contributed by atoms with van der Waals surface area (Å²) in [7, 11) is 0. The highest BCUT2D eigenvalue weighted by Crippen LogP contribution is 2.23. The van der Waals surface area contributed by atoms with E-state index in [4.69, 9.17) is 4.74 Å². The number of hydrogen-bond acceptors (Lipinski definition) is 5. The van der Waals surface area contributed by atoms with Gasteiger partial charge in [0.05, 0.1) is 23.6 Å². The van der Waals surface area contributed by atoms with E-state index in [0.29, 0.717) is 23.5 Å². The quantitative estimate of drug-likeness (QED) is 0.348. The Hall–Kier alpha value is -4.13. The zero-order valence-corrected chi connectivity index (χ0v) is 15.4. The van der Waals surface area contributed by atoms with Gasteiger partial charge in [-0.05, 0) is 35.9 Å². The number of aromatic nitrogens is 2. The van der Waals surface area contributed by atoms with E-state index in [1.807, 2.05) is 30.3 Å². The van der Waals surface area contributed by atoms with E-state index in [2.05, 4.69) is 20.5 Å². The van der Waals surface area contributed by atoms with Crippen LogP contribution < -0.4 is 10.2 Å². The highest BCUT2D eigenvalue weighted by molar-refractivity contribution is 5.97. The molecule has 0 saturated heterocycles. The molecule has 0 aliphatic carbocycles. The van der Waals surface area contributed by atoms with Gasteiger partial charge in [-0.25, -0.2) is 10.4 Å². The SMILES string of the molecule is O=C(N/N=C/c1ccc(OCc2ccccc2)cc1O)c1ccc2nc[nH]c2c1. The maximum Gasteiger partial charge on any atom is 0.271 e. The molecule has 0 aliphatic heterocycles. The number of phenols is 1. The van der Waals surface area contributed by atoms with Gasteiger partial charge >= 0.3 is 0 Å². The van der Waals surface area contributed by atoms with Gasteiger partial charge < -0.3 is 14.8 Å². The number of aromatic amines is 1. The number of benzene rings is 3. The molecule has 29 heavy (non-hydrogen) atoms. The van der Waals surface area contributed by atoms with Crippen molar-refractivity contribution in [3.8, 4) is 11.5 Å². The second-order valence-corrected chi connectivity index (χ2v) is 6.33. The van der Waals surface area contributed by atoms with Crippen LogP contribution in [0.2, 0.25) is 0 Å². The van der Waals surface area contributed by atoms with Crippen molar-refractivity contribution in [2.75, 3.05) is 0 Å². The first kappa shape index (κ1) is 18.2. The van der Waals surface area contributed by atoms with Gasteiger partial charge in [-0.15, -0.1) is 0 Å². The molecular formula is C22H18N4O3. The monoisotopic (exact) mass is 386 g/mol. The number of fused-ring (bicyclic) bond motifs is 1. The van der Waals surface area contributed by atoms with E-state index >= 15 is 0 Å². The van der Waals surface area contributed by atoms with Crippen molar-refractivity contribution in [3.63, 3.8) is 0 Å². The fourth-order valence-corrected chi connectivity index (χ4v) is 2.77. The number of hydrogen-bond donors (Lipinski definition) is 3. The van der Waals surface area contributed by atoms with Crippen LogP contribution >= 0.6 is 0 Å². The molecule has 0 radical (unpaired) electrons. The van der Waals surface area contributed by atoms with Gasteiger partial charge in [-0.3, -0.25) is 4.79 Å². The van der Waals surface area contributed by atoms with E-state index in [-0.39, 0.29) is 11.7 Å². The number of nitrogens with zero attached hydrogens (tertiary/aromatic N) is 2. The Labute approximate surface area is 166 Å². The molecule has 1 heterocycles. The van der Waals surface area contributed by atoms with Gasteiger partial charge in [0.1, 0.15) is 18.1 Å². The molecule has 3 N–H and O–H groups in total. The Balaban J connectivity index is 1.37. The number of H-pyrrole nitrogens is 1. The van der Waals surface area contributed by atoms with Crippen LogP contribution in [-0.2, 0) is 6.61 Å². The first-order valence-electron chi connectivity index (χ1n) is 8.95. The zero-order valence-electron chi connectivity index (χ0n) is 15.4. The molecule has 0 fully saturated rings. The van der Waals surface area contributed by atoms with E-state index in [0.717, 1.165) is 16.6 Å². The molecule has 0 saturated carbocycles. The van der Waals surface area contributed by atoms with Crippen LogP contribution in [0.5, 0.6) is 11.5 Å². The van der Waals surface area contributed by atoms with E-state index in [1.54, 1.807) is 36.7 Å². The number of rotatable bonds is 6. The fourth-order valence-electron chi connectivity index (χ4n) is 2.77. The van der Waals surface area contributed by atoms with Crippen molar-refractivity contribution < 1.29 is 14.6 Å². The van der Waals surface area contributed by atoms with Crippen LogP contribution in [0.25, 0.3) is 11.0 Å². The summed E-state index contributed by atoms with van der Waals surface area (Å²) >= 11 is 0. The molecule has 1 aromatic heterocycles. The standard InChI is InChI=1S/C22H18N4O3/c27-21-11-18(29-13-15-4-2-1-3-5-15)8-6-17(21)12-25-26-22(28)16-7-9-19-20(10-16)24-14-23-19/h1-12,14,27H,13H2,(H,23,24)(H,26,28)/b25-12+. The summed E-state index contributed by atoms with van der Waals surface area (Å²) in [5.41, 5.74) is 5.94. The van der Waals surface area contributed by atoms with E-state index in [1.165, 1.54) is 12.3 Å². The lowest BCUT2D eigenvalue weighted by Crippen LogP contribution is -2.17. The smallest absolute Gasteiger partial charge is 0.271 e. The molecule has 4 rings (SSSR count). The molecule has 7 heteroatoms. The molecule has 0 unspecified atom stereocenters. The number of carbonyl (C=O) groups excluding carboxylic acids is 1. The second-order valence-electron chi connectivity index (χ2n) is 6.33. The minimum absolute atomic E-state index is 0.00689. The van der Waals surface area contributed by atoms with Crippen molar-refractivity contribution in [1.29, 1.82) is 0 Å². The maximum absolute atomic E-state index is 12.2. The summed E-state index contributed by atoms with van der Waals surface area (Å²) in [5.74, 6) is 0.188. The topological polar surface area (TPSA) is 99.6 Å². The fraction of sp³-hybridized carbons (Fsp3) is 0.0455. The van der Waals surface area contributed by atoms with E-state index in [9.17, 15) is 9.90 Å². The molecule has 0 aliphatic rings. The van der Waals surface area contributed by atoms with Gasteiger partial charge in [0.2, 0.25) is 0 Å². The molecule has 0 atom stereocenters. The molecule has 7 nitrogen and oxygen atoms in total. The van der Waals surface area contributed by atoms with Crippen LogP contribution in [0.15, 0.2) is 78.2 Å². The maximum atomic E-state index is 12.2. The van der Waals surface area contributed by atoms with Crippen molar-refractivity contribution in [2.24, 2.45) is 5.10 Å². The Kier molecular flexibility index (Phi) is 5.20. The summed E-state index contributed by atoms with van der Waals surface area (Å²) in [6.07, 6.45) is 2.95. The predicted molar refractivity (Wildman–Crippen MR) is 110 cm³/mol. The van der Waals surface area contributed by atoms with E-state index < -0.39 is 0 Å². The average molecular weight is 386 g/mol. The zero-order chi connectivity index (χ0) is 20.1. The lowest BCUT2D eigenvalue weighted by Gasteiger charge is -2.07. The number of aromatic hydroxyl groups is 1. The Morgan fingerprint density at radius 3 is 2.83 bits per heavy atom. The molecule has 144 valence electrons. The van der Waals surface area contributed by atoms with Crippen molar-refractivity contribution in [3.05, 3.63) is 89.7 Å². The third kappa shape index (κ3) is 4.41. The Morgan fingerprint density at radius 1 is 1.14 bits per heavy atom. The first-order chi connectivity index (χ1) is 14.2. The normalized spacial score (nSPS) is 11.0. The summed E-state index contributed by atoms with van der Waals surface area (Å²) in [5, 5.41) is 14.1. The third-order valence-corrected chi connectivity index (χ3v) is 4.30.